The summed E-state index contributed by atoms with van der Waals surface area (Å²) in [6.07, 6.45) is 6.54. The molecule has 1 aromatic carbocycles. The lowest BCUT2D eigenvalue weighted by molar-refractivity contribution is -0.141. The van der Waals surface area contributed by atoms with Crippen molar-refractivity contribution in [2.75, 3.05) is 0 Å². The van der Waals surface area contributed by atoms with Crippen molar-refractivity contribution in [2.24, 2.45) is 5.92 Å². The Morgan fingerprint density at radius 1 is 1.31 bits per heavy atom. The average molecular weight is 216 g/mol. The maximum atomic E-state index is 10.9. The van der Waals surface area contributed by atoms with E-state index in [0.717, 1.165) is 5.56 Å². The van der Waals surface area contributed by atoms with E-state index in [-0.39, 0.29) is 5.92 Å². The number of carboxylic acid groups (broad SMARTS) is 1. The molecule has 0 fully saturated rings. The maximum Gasteiger partial charge on any atom is 0.307 e. The second-order valence-corrected chi connectivity index (χ2v) is 3.61. The van der Waals surface area contributed by atoms with Gasteiger partial charge in [0.1, 0.15) is 0 Å². The van der Waals surface area contributed by atoms with E-state index in [1.165, 1.54) is 0 Å². The molecular formula is C14H16O2. The molecule has 2 nitrogen and oxygen atoms in total. The van der Waals surface area contributed by atoms with Gasteiger partial charge in [0.05, 0.1) is 5.92 Å². The van der Waals surface area contributed by atoms with Gasteiger partial charge >= 0.3 is 5.97 Å². The van der Waals surface area contributed by atoms with Crippen LogP contribution in [0.4, 0.5) is 0 Å². The third-order valence-corrected chi connectivity index (χ3v) is 2.33. The molecule has 2 heteroatoms. The van der Waals surface area contributed by atoms with Gasteiger partial charge in [-0.25, -0.2) is 0 Å². The van der Waals surface area contributed by atoms with Crippen LogP contribution in [-0.4, -0.2) is 11.1 Å². The Balaban J connectivity index is 2.52. The number of benzene rings is 1. The van der Waals surface area contributed by atoms with Crippen LogP contribution >= 0.6 is 0 Å². The molecule has 0 amide bonds. The van der Waals surface area contributed by atoms with E-state index in [1.807, 2.05) is 42.5 Å². The molecule has 0 aromatic heterocycles. The Morgan fingerprint density at radius 2 is 2.00 bits per heavy atom. The lowest BCUT2D eigenvalue weighted by Gasteiger charge is -2.05. The first-order valence-corrected chi connectivity index (χ1v) is 5.29. The number of allylic oxidation sites excluding steroid dienone is 2. The van der Waals surface area contributed by atoms with Crippen molar-refractivity contribution in [2.45, 2.75) is 12.8 Å². The molecule has 1 rings (SSSR count). The van der Waals surface area contributed by atoms with Crippen LogP contribution in [0.25, 0.3) is 6.08 Å². The summed E-state index contributed by atoms with van der Waals surface area (Å²) in [6, 6.07) is 9.84. The molecule has 0 saturated carbocycles. The summed E-state index contributed by atoms with van der Waals surface area (Å²) in [5.41, 5.74) is 1.09. The van der Waals surface area contributed by atoms with Crippen molar-refractivity contribution in [3.63, 3.8) is 0 Å². The van der Waals surface area contributed by atoms with Crippen molar-refractivity contribution in [1.82, 2.24) is 0 Å². The van der Waals surface area contributed by atoms with Gasteiger partial charge in [-0.1, -0.05) is 48.6 Å². The van der Waals surface area contributed by atoms with E-state index in [0.29, 0.717) is 12.8 Å². The highest BCUT2D eigenvalue weighted by Gasteiger charge is 2.12. The number of aliphatic carboxylic acids is 1. The Hall–Kier alpha value is -1.83. The highest BCUT2D eigenvalue weighted by molar-refractivity contribution is 5.70. The van der Waals surface area contributed by atoms with E-state index >= 15 is 0 Å². The largest absolute Gasteiger partial charge is 0.481 e. The minimum Gasteiger partial charge on any atom is -0.481 e. The zero-order valence-electron chi connectivity index (χ0n) is 9.17. The molecule has 0 bridgehead atoms. The molecule has 0 aliphatic rings. The first kappa shape index (κ1) is 12.2. The lowest BCUT2D eigenvalue weighted by Crippen LogP contribution is -2.11. The molecule has 0 radical (unpaired) electrons. The third kappa shape index (κ3) is 4.13. The third-order valence-electron chi connectivity index (χ3n) is 2.33. The monoisotopic (exact) mass is 216 g/mol. The number of hydrogen-bond acceptors (Lipinski definition) is 1. The van der Waals surface area contributed by atoms with Crippen LogP contribution in [0.5, 0.6) is 0 Å². The minimum atomic E-state index is -0.766. The molecule has 1 aromatic rings. The van der Waals surface area contributed by atoms with Crippen molar-refractivity contribution < 1.29 is 9.90 Å². The molecule has 1 N–H and O–H groups in total. The summed E-state index contributed by atoms with van der Waals surface area (Å²) in [5.74, 6) is -1.13. The molecule has 0 spiro atoms. The van der Waals surface area contributed by atoms with Gasteiger partial charge in [0.15, 0.2) is 0 Å². The number of carbonyl (C=O) groups is 1. The summed E-state index contributed by atoms with van der Waals surface area (Å²) < 4.78 is 0. The Kier molecular flexibility index (Phi) is 5.06. The molecule has 0 heterocycles. The minimum absolute atomic E-state index is 0.363. The Bertz CT molecular complexity index is 366. The van der Waals surface area contributed by atoms with Crippen molar-refractivity contribution in [3.05, 3.63) is 54.6 Å². The topological polar surface area (TPSA) is 37.3 Å². The number of hydrogen-bond donors (Lipinski definition) is 1. The molecular weight excluding hydrogens is 200 g/mol. The van der Waals surface area contributed by atoms with Crippen molar-refractivity contribution in [3.8, 4) is 0 Å². The second-order valence-electron chi connectivity index (χ2n) is 3.61. The molecule has 1 atom stereocenters. The van der Waals surface area contributed by atoms with Crippen LogP contribution in [-0.2, 0) is 4.79 Å². The first-order valence-electron chi connectivity index (χ1n) is 5.29. The van der Waals surface area contributed by atoms with E-state index in [9.17, 15) is 4.79 Å². The Labute approximate surface area is 95.9 Å². The predicted molar refractivity (Wildman–Crippen MR) is 66.0 cm³/mol. The van der Waals surface area contributed by atoms with Crippen LogP contribution < -0.4 is 0 Å². The van der Waals surface area contributed by atoms with Gasteiger partial charge in [0.2, 0.25) is 0 Å². The molecule has 16 heavy (non-hydrogen) atoms. The van der Waals surface area contributed by atoms with Gasteiger partial charge in [-0.2, -0.15) is 0 Å². The predicted octanol–water partition coefficient (Wildman–Crippen LogP) is 3.37. The van der Waals surface area contributed by atoms with Gasteiger partial charge in [0.25, 0.3) is 0 Å². The zero-order chi connectivity index (χ0) is 11.8. The van der Waals surface area contributed by atoms with E-state index in [1.54, 1.807) is 6.08 Å². The van der Waals surface area contributed by atoms with Crippen LogP contribution in [0.3, 0.4) is 0 Å². The van der Waals surface area contributed by atoms with E-state index in [4.69, 9.17) is 5.11 Å². The second kappa shape index (κ2) is 6.62. The summed E-state index contributed by atoms with van der Waals surface area (Å²) in [5, 5.41) is 8.92. The van der Waals surface area contributed by atoms with Gasteiger partial charge in [-0.3, -0.25) is 4.79 Å². The smallest absolute Gasteiger partial charge is 0.307 e. The summed E-state index contributed by atoms with van der Waals surface area (Å²) in [4.78, 5) is 10.9. The zero-order valence-corrected chi connectivity index (χ0v) is 9.17. The van der Waals surface area contributed by atoms with Gasteiger partial charge in [0, 0.05) is 0 Å². The van der Waals surface area contributed by atoms with Crippen molar-refractivity contribution >= 4 is 12.0 Å². The maximum absolute atomic E-state index is 10.9. The fourth-order valence-corrected chi connectivity index (χ4v) is 1.43. The van der Waals surface area contributed by atoms with Gasteiger partial charge < -0.3 is 5.11 Å². The van der Waals surface area contributed by atoms with Gasteiger partial charge in [-0.05, 0) is 18.4 Å². The highest BCUT2D eigenvalue weighted by Crippen LogP contribution is 2.12. The highest BCUT2D eigenvalue weighted by atomic mass is 16.4. The molecule has 1 unspecified atom stereocenters. The number of rotatable bonds is 6. The van der Waals surface area contributed by atoms with E-state index in [2.05, 4.69) is 6.58 Å². The number of carboxylic acids is 1. The lowest BCUT2D eigenvalue weighted by atomic mass is 10.0. The van der Waals surface area contributed by atoms with Crippen LogP contribution in [0.15, 0.2) is 49.1 Å². The van der Waals surface area contributed by atoms with Crippen LogP contribution in [0.1, 0.15) is 18.4 Å². The fourth-order valence-electron chi connectivity index (χ4n) is 1.43. The molecule has 0 aliphatic carbocycles. The summed E-state index contributed by atoms with van der Waals surface area (Å²) in [6.45, 7) is 3.56. The van der Waals surface area contributed by atoms with E-state index < -0.39 is 5.97 Å². The van der Waals surface area contributed by atoms with Crippen LogP contribution in [0, 0.1) is 5.92 Å². The average Bonchev–Trinajstić information content (AvgIpc) is 2.29. The summed E-state index contributed by atoms with van der Waals surface area (Å²) in [7, 11) is 0. The van der Waals surface area contributed by atoms with Gasteiger partial charge in [-0.15, -0.1) is 6.58 Å². The first-order chi connectivity index (χ1) is 7.74. The molecule has 84 valence electrons. The SMILES string of the molecule is C=CCC(CC=Cc1ccccc1)C(=O)O. The molecule has 0 aliphatic heterocycles. The van der Waals surface area contributed by atoms with Crippen molar-refractivity contribution in [1.29, 1.82) is 0 Å². The standard InChI is InChI=1S/C14H16O2/c1-2-7-13(14(15)16)11-6-10-12-8-4-3-5-9-12/h2-6,8-10,13H,1,7,11H2,(H,15,16). The Morgan fingerprint density at radius 3 is 2.56 bits per heavy atom. The fraction of sp³-hybridized carbons (Fsp3) is 0.214. The molecule has 0 saturated heterocycles. The quantitative estimate of drug-likeness (QED) is 0.740. The van der Waals surface area contributed by atoms with Crippen LogP contribution in [0.2, 0.25) is 0 Å². The summed E-state index contributed by atoms with van der Waals surface area (Å²) >= 11 is 0. The normalized spacial score (nSPS) is 12.5.